The average Bonchev–Trinajstić information content (AvgIpc) is 2.37. The van der Waals surface area contributed by atoms with Crippen molar-refractivity contribution >= 4 is 34.7 Å². The van der Waals surface area contributed by atoms with Crippen molar-refractivity contribution in [1.29, 1.82) is 0 Å². The maximum Gasteiger partial charge on any atom is 0.224 e. The minimum absolute atomic E-state index is 0.195. The van der Waals surface area contributed by atoms with Crippen molar-refractivity contribution in [1.82, 2.24) is 9.97 Å². The summed E-state index contributed by atoms with van der Waals surface area (Å²) in [5.41, 5.74) is 8.28. The normalized spacial score (nSPS) is 10.5. The second-order valence-electron chi connectivity index (χ2n) is 4.14. The first-order chi connectivity index (χ1) is 9.06. The Balaban J connectivity index is 1.98. The summed E-state index contributed by atoms with van der Waals surface area (Å²) in [6.07, 6.45) is 0.845. The molecule has 2 rings (SSSR count). The van der Waals surface area contributed by atoms with Crippen LogP contribution in [0, 0.1) is 6.92 Å². The third kappa shape index (κ3) is 3.72. The topological polar surface area (TPSA) is 63.8 Å². The van der Waals surface area contributed by atoms with Crippen LogP contribution in [0.1, 0.15) is 11.3 Å². The lowest BCUT2D eigenvalue weighted by Crippen LogP contribution is -2.10. The van der Waals surface area contributed by atoms with Crippen LogP contribution in [-0.2, 0) is 6.42 Å². The van der Waals surface area contributed by atoms with E-state index in [4.69, 9.17) is 28.9 Å². The van der Waals surface area contributed by atoms with Crippen LogP contribution >= 0.6 is 23.2 Å². The smallest absolute Gasteiger partial charge is 0.224 e. The van der Waals surface area contributed by atoms with E-state index in [0.29, 0.717) is 23.7 Å². The summed E-state index contributed by atoms with van der Waals surface area (Å²) in [7, 11) is 0. The molecule has 0 spiro atoms. The van der Waals surface area contributed by atoms with Crippen molar-refractivity contribution in [3.05, 3.63) is 45.8 Å². The van der Waals surface area contributed by atoms with Gasteiger partial charge in [0.1, 0.15) is 0 Å². The van der Waals surface area contributed by atoms with Crippen molar-refractivity contribution < 1.29 is 0 Å². The summed E-state index contributed by atoms with van der Waals surface area (Å²) in [5.74, 6) is 0.575. The Labute approximate surface area is 122 Å². The molecule has 0 saturated carbocycles. The molecular formula is C13H14Cl2N4. The molecule has 0 aliphatic heterocycles. The van der Waals surface area contributed by atoms with Gasteiger partial charge in [-0.15, -0.1) is 0 Å². The molecule has 2 aromatic rings. The highest BCUT2D eigenvalue weighted by atomic mass is 35.5. The van der Waals surface area contributed by atoms with Crippen molar-refractivity contribution in [3.8, 4) is 0 Å². The maximum absolute atomic E-state index is 5.89. The minimum Gasteiger partial charge on any atom is -0.394 e. The quantitative estimate of drug-likeness (QED) is 0.850. The van der Waals surface area contributed by atoms with Crippen LogP contribution in [0.2, 0.25) is 10.3 Å². The maximum atomic E-state index is 5.89. The Morgan fingerprint density at radius 2 is 1.84 bits per heavy atom. The number of hydrogen-bond donors (Lipinski definition) is 2. The lowest BCUT2D eigenvalue weighted by Gasteiger charge is -2.10. The Morgan fingerprint density at radius 1 is 1.16 bits per heavy atom. The molecule has 100 valence electrons. The van der Waals surface area contributed by atoms with Gasteiger partial charge in [0.15, 0.2) is 5.82 Å². The minimum atomic E-state index is 0.195. The lowest BCUT2D eigenvalue weighted by molar-refractivity contribution is 0.995. The number of hydrogen-bond acceptors (Lipinski definition) is 4. The van der Waals surface area contributed by atoms with Crippen molar-refractivity contribution in [2.45, 2.75) is 13.3 Å². The van der Waals surface area contributed by atoms with E-state index in [-0.39, 0.29) is 5.28 Å². The second kappa shape index (κ2) is 6.08. The predicted molar refractivity (Wildman–Crippen MR) is 79.8 cm³/mol. The summed E-state index contributed by atoms with van der Waals surface area (Å²) in [5, 5.41) is 4.09. The summed E-state index contributed by atoms with van der Waals surface area (Å²) in [6.45, 7) is 2.51. The van der Waals surface area contributed by atoms with Crippen molar-refractivity contribution in [2.75, 3.05) is 17.6 Å². The van der Waals surface area contributed by atoms with Gasteiger partial charge >= 0.3 is 0 Å². The monoisotopic (exact) mass is 296 g/mol. The molecule has 4 nitrogen and oxygen atoms in total. The van der Waals surface area contributed by atoms with Gasteiger partial charge in [0, 0.05) is 11.6 Å². The molecule has 1 aromatic heterocycles. The van der Waals surface area contributed by atoms with Gasteiger partial charge < -0.3 is 11.1 Å². The molecule has 1 heterocycles. The summed E-state index contributed by atoms with van der Waals surface area (Å²) in [4.78, 5) is 8.06. The third-order valence-electron chi connectivity index (χ3n) is 2.73. The number of nitrogens with two attached hydrogens (primary N) is 1. The van der Waals surface area contributed by atoms with Crippen molar-refractivity contribution in [3.63, 3.8) is 0 Å². The van der Waals surface area contributed by atoms with E-state index in [2.05, 4.69) is 15.3 Å². The second-order valence-corrected chi connectivity index (χ2v) is 4.92. The number of nitrogens with zero attached hydrogens (tertiary/aromatic N) is 2. The SMILES string of the molecule is Cc1nc(Cl)nc(NCCc2ccc(Cl)cc2)c1N. The molecule has 0 radical (unpaired) electrons. The van der Waals surface area contributed by atoms with Gasteiger partial charge in [-0.05, 0) is 42.6 Å². The van der Waals surface area contributed by atoms with Crippen LogP contribution in [0.4, 0.5) is 11.5 Å². The van der Waals surface area contributed by atoms with Gasteiger partial charge in [-0.2, -0.15) is 4.98 Å². The highest BCUT2D eigenvalue weighted by molar-refractivity contribution is 6.30. The largest absolute Gasteiger partial charge is 0.394 e. The number of benzene rings is 1. The van der Waals surface area contributed by atoms with Crippen molar-refractivity contribution in [2.24, 2.45) is 0 Å². The van der Waals surface area contributed by atoms with Gasteiger partial charge in [-0.3, -0.25) is 0 Å². The first-order valence-electron chi connectivity index (χ1n) is 5.84. The van der Waals surface area contributed by atoms with Crippen LogP contribution < -0.4 is 11.1 Å². The first kappa shape index (κ1) is 13.9. The Bertz CT molecular complexity index is 570. The van der Waals surface area contributed by atoms with Gasteiger partial charge in [-0.1, -0.05) is 23.7 Å². The zero-order valence-corrected chi connectivity index (χ0v) is 12.0. The van der Waals surface area contributed by atoms with Crippen LogP contribution in [-0.4, -0.2) is 16.5 Å². The number of halogens is 2. The summed E-state index contributed by atoms with van der Waals surface area (Å²) < 4.78 is 0. The Morgan fingerprint density at radius 3 is 2.53 bits per heavy atom. The van der Waals surface area contributed by atoms with E-state index in [1.807, 2.05) is 24.3 Å². The number of anilines is 2. The highest BCUT2D eigenvalue weighted by Gasteiger charge is 2.06. The molecule has 0 fully saturated rings. The fourth-order valence-electron chi connectivity index (χ4n) is 1.66. The molecule has 0 amide bonds. The molecule has 0 atom stereocenters. The molecule has 3 N–H and O–H groups in total. The molecule has 1 aromatic carbocycles. The molecule has 6 heteroatoms. The van der Waals surface area contributed by atoms with Crippen LogP contribution in [0.25, 0.3) is 0 Å². The molecule has 19 heavy (non-hydrogen) atoms. The van der Waals surface area contributed by atoms with E-state index in [9.17, 15) is 0 Å². The third-order valence-corrected chi connectivity index (χ3v) is 3.15. The molecule has 0 bridgehead atoms. The average molecular weight is 297 g/mol. The fraction of sp³-hybridized carbons (Fsp3) is 0.231. The molecule has 0 aliphatic rings. The Hall–Kier alpha value is -1.52. The highest BCUT2D eigenvalue weighted by Crippen LogP contribution is 2.20. The van der Waals surface area contributed by atoms with E-state index in [1.54, 1.807) is 6.92 Å². The van der Waals surface area contributed by atoms with Gasteiger partial charge in [-0.25, -0.2) is 4.98 Å². The van der Waals surface area contributed by atoms with E-state index in [1.165, 1.54) is 5.56 Å². The van der Waals surface area contributed by atoms with Crippen LogP contribution in [0.15, 0.2) is 24.3 Å². The van der Waals surface area contributed by atoms with Crippen LogP contribution in [0.5, 0.6) is 0 Å². The van der Waals surface area contributed by atoms with Gasteiger partial charge in [0.05, 0.1) is 11.4 Å². The summed E-state index contributed by atoms with van der Waals surface area (Å²) in [6, 6.07) is 7.73. The zero-order chi connectivity index (χ0) is 13.8. The molecule has 0 aliphatic carbocycles. The zero-order valence-electron chi connectivity index (χ0n) is 10.5. The lowest BCUT2D eigenvalue weighted by atomic mass is 10.1. The van der Waals surface area contributed by atoms with E-state index < -0.39 is 0 Å². The summed E-state index contributed by atoms with van der Waals surface area (Å²) >= 11 is 11.6. The van der Waals surface area contributed by atoms with E-state index >= 15 is 0 Å². The first-order valence-corrected chi connectivity index (χ1v) is 6.60. The van der Waals surface area contributed by atoms with E-state index in [0.717, 1.165) is 11.4 Å². The number of aromatic nitrogens is 2. The van der Waals surface area contributed by atoms with Gasteiger partial charge in [0.2, 0.25) is 5.28 Å². The number of rotatable bonds is 4. The standard InChI is InChI=1S/C13H14Cl2N4/c1-8-11(16)12(19-13(15)18-8)17-7-6-9-2-4-10(14)5-3-9/h2-5H,6-7,16H2,1H3,(H,17,18,19). The predicted octanol–water partition coefficient (Wildman–Crippen LogP) is 3.33. The number of nitrogen functional groups attached to an aromatic ring is 1. The molecule has 0 unspecified atom stereocenters. The van der Waals surface area contributed by atoms with Crippen LogP contribution in [0.3, 0.4) is 0 Å². The fourth-order valence-corrected chi connectivity index (χ4v) is 2.00. The molecule has 0 saturated heterocycles. The number of aryl methyl sites for hydroxylation is 1. The molecular weight excluding hydrogens is 283 g/mol. The number of nitrogens with one attached hydrogen (secondary N) is 1. The Kier molecular flexibility index (Phi) is 4.45. The van der Waals surface area contributed by atoms with Gasteiger partial charge in [0.25, 0.3) is 0 Å².